The minimum absolute atomic E-state index is 0.517. The summed E-state index contributed by atoms with van der Waals surface area (Å²) in [6.07, 6.45) is -3.36. The van der Waals surface area contributed by atoms with E-state index in [1.807, 2.05) is 18.2 Å². The monoisotopic (exact) mass is 314 g/mol. The van der Waals surface area contributed by atoms with Crippen LogP contribution in [0.15, 0.2) is 24.3 Å². The Morgan fingerprint density at radius 1 is 1.14 bits per heavy atom. The molecule has 21 heavy (non-hydrogen) atoms. The molecule has 1 N–H and O–H groups in total. The second-order valence-corrected chi connectivity index (χ2v) is 6.41. The third-order valence-corrected chi connectivity index (χ3v) is 4.95. The number of piperazine rings is 1. The van der Waals surface area contributed by atoms with Crippen LogP contribution >= 0.6 is 11.3 Å². The van der Waals surface area contributed by atoms with Crippen LogP contribution in [-0.4, -0.2) is 37.6 Å². The van der Waals surface area contributed by atoms with Gasteiger partial charge in [-0.1, -0.05) is 12.1 Å². The van der Waals surface area contributed by atoms with Crippen LogP contribution in [0.1, 0.15) is 10.4 Å². The lowest BCUT2D eigenvalue weighted by Gasteiger charge is -2.27. The van der Waals surface area contributed by atoms with Crippen LogP contribution in [0.5, 0.6) is 0 Å². The van der Waals surface area contributed by atoms with E-state index in [4.69, 9.17) is 0 Å². The van der Waals surface area contributed by atoms with E-state index in [1.54, 1.807) is 0 Å². The Balaban J connectivity index is 1.71. The van der Waals surface area contributed by atoms with Gasteiger partial charge in [0.1, 0.15) is 4.88 Å². The van der Waals surface area contributed by atoms with Crippen molar-refractivity contribution in [2.24, 2.45) is 0 Å². The van der Waals surface area contributed by atoms with Gasteiger partial charge in [0.15, 0.2) is 0 Å². The first kappa shape index (κ1) is 14.8. The number of hydrogen-bond acceptors (Lipinski definition) is 3. The second kappa shape index (κ2) is 5.94. The molecule has 0 atom stereocenters. The summed E-state index contributed by atoms with van der Waals surface area (Å²) in [5.74, 6) is 0. The highest BCUT2D eigenvalue weighted by molar-refractivity contribution is 7.19. The quantitative estimate of drug-likeness (QED) is 0.934. The first-order valence-corrected chi connectivity index (χ1v) is 7.87. The maximum absolute atomic E-state index is 12.7. The van der Waals surface area contributed by atoms with Crippen LogP contribution in [0, 0.1) is 0 Å². The largest absolute Gasteiger partial charge is 0.425 e. The maximum Gasteiger partial charge on any atom is 0.425 e. The number of thiophene rings is 1. The second-order valence-electron chi connectivity index (χ2n) is 5.32. The molecule has 1 aliphatic rings. The van der Waals surface area contributed by atoms with E-state index < -0.39 is 11.1 Å². The molecule has 1 saturated heterocycles. The van der Waals surface area contributed by atoms with Crippen molar-refractivity contribution in [3.8, 4) is 0 Å². The molecule has 0 radical (unpaired) electrons. The highest BCUT2D eigenvalue weighted by Gasteiger charge is 2.32. The molecule has 0 bridgehead atoms. The molecule has 114 valence electrons. The highest BCUT2D eigenvalue weighted by atomic mass is 32.1. The summed E-state index contributed by atoms with van der Waals surface area (Å²) in [6.45, 7) is 5.07. The van der Waals surface area contributed by atoms with E-state index in [-0.39, 0.29) is 0 Å². The Labute approximate surface area is 125 Å². The standard InChI is InChI=1S/C15H17F3N2S/c16-15(17,18)14-10-12-9-11(1-2-13(12)21-14)3-6-20-7-4-19-5-8-20/h1-2,9-10,19H,3-8H2. The first-order valence-electron chi connectivity index (χ1n) is 7.05. The molecule has 1 aromatic carbocycles. The lowest BCUT2D eigenvalue weighted by Crippen LogP contribution is -2.44. The maximum atomic E-state index is 12.7. The SMILES string of the molecule is FC(F)(F)c1cc2cc(CCN3CCNCC3)ccc2s1. The number of nitrogens with zero attached hydrogens (tertiary/aromatic N) is 1. The fourth-order valence-corrected chi connectivity index (χ4v) is 3.52. The summed E-state index contributed by atoms with van der Waals surface area (Å²) in [6, 6.07) is 6.90. The van der Waals surface area contributed by atoms with Crippen LogP contribution in [0.3, 0.4) is 0 Å². The van der Waals surface area contributed by atoms with Crippen molar-refractivity contribution in [2.75, 3.05) is 32.7 Å². The fraction of sp³-hybridized carbons (Fsp3) is 0.467. The van der Waals surface area contributed by atoms with Crippen LogP contribution in [0.25, 0.3) is 10.1 Å². The molecule has 2 heterocycles. The van der Waals surface area contributed by atoms with E-state index in [2.05, 4.69) is 10.2 Å². The molecule has 0 spiro atoms. The van der Waals surface area contributed by atoms with E-state index in [0.717, 1.165) is 56.0 Å². The Hall–Kier alpha value is -1.11. The average Bonchev–Trinajstić information content (AvgIpc) is 2.89. The summed E-state index contributed by atoms with van der Waals surface area (Å²) < 4.78 is 38.8. The summed E-state index contributed by atoms with van der Waals surface area (Å²) in [7, 11) is 0. The summed E-state index contributed by atoms with van der Waals surface area (Å²) in [4.78, 5) is 1.87. The predicted molar refractivity (Wildman–Crippen MR) is 79.8 cm³/mol. The zero-order chi connectivity index (χ0) is 14.9. The number of halogens is 3. The van der Waals surface area contributed by atoms with Gasteiger partial charge in [0.05, 0.1) is 0 Å². The fourth-order valence-electron chi connectivity index (χ4n) is 2.61. The van der Waals surface area contributed by atoms with Gasteiger partial charge in [-0.3, -0.25) is 0 Å². The molecule has 2 nitrogen and oxygen atoms in total. The van der Waals surface area contributed by atoms with Gasteiger partial charge in [0, 0.05) is 37.4 Å². The van der Waals surface area contributed by atoms with E-state index >= 15 is 0 Å². The molecular formula is C15H17F3N2S. The minimum atomic E-state index is -4.25. The first-order chi connectivity index (χ1) is 10.0. The topological polar surface area (TPSA) is 15.3 Å². The van der Waals surface area contributed by atoms with Gasteiger partial charge >= 0.3 is 6.18 Å². The van der Waals surface area contributed by atoms with Gasteiger partial charge in [0.2, 0.25) is 0 Å². The number of alkyl halides is 3. The van der Waals surface area contributed by atoms with Crippen molar-refractivity contribution < 1.29 is 13.2 Å². The third kappa shape index (κ3) is 3.56. The van der Waals surface area contributed by atoms with Crippen molar-refractivity contribution in [3.05, 3.63) is 34.7 Å². The summed E-state index contributed by atoms with van der Waals surface area (Å²) in [5.41, 5.74) is 1.10. The average molecular weight is 314 g/mol. The molecule has 6 heteroatoms. The molecule has 1 fully saturated rings. The zero-order valence-corrected chi connectivity index (χ0v) is 12.4. The Morgan fingerprint density at radius 3 is 2.62 bits per heavy atom. The van der Waals surface area contributed by atoms with Crippen LogP contribution in [0.2, 0.25) is 0 Å². The molecule has 0 saturated carbocycles. The summed E-state index contributed by atoms with van der Waals surface area (Å²) >= 11 is 0.815. The van der Waals surface area contributed by atoms with Crippen molar-refractivity contribution in [2.45, 2.75) is 12.6 Å². The van der Waals surface area contributed by atoms with Crippen molar-refractivity contribution in [1.29, 1.82) is 0 Å². The lowest BCUT2D eigenvalue weighted by atomic mass is 10.1. The molecule has 0 aliphatic carbocycles. The van der Waals surface area contributed by atoms with E-state index in [1.165, 1.54) is 6.07 Å². The third-order valence-electron chi connectivity index (χ3n) is 3.79. The number of nitrogens with one attached hydrogen (secondary N) is 1. The molecule has 1 aromatic heterocycles. The molecule has 0 amide bonds. The smallest absolute Gasteiger partial charge is 0.314 e. The van der Waals surface area contributed by atoms with Crippen molar-refractivity contribution in [3.63, 3.8) is 0 Å². The predicted octanol–water partition coefficient (Wildman–Crippen LogP) is 3.37. The van der Waals surface area contributed by atoms with E-state index in [9.17, 15) is 13.2 Å². The Bertz CT molecular complexity index is 615. The summed E-state index contributed by atoms with van der Waals surface area (Å²) in [5, 5.41) is 4.01. The van der Waals surface area contributed by atoms with Crippen LogP contribution in [-0.2, 0) is 12.6 Å². The molecule has 1 aliphatic heterocycles. The van der Waals surface area contributed by atoms with Gasteiger partial charge < -0.3 is 10.2 Å². The van der Waals surface area contributed by atoms with E-state index in [0.29, 0.717) is 10.1 Å². The molecule has 2 aromatic rings. The van der Waals surface area contributed by atoms with Gasteiger partial charge in [0.25, 0.3) is 0 Å². The lowest BCUT2D eigenvalue weighted by molar-refractivity contribution is -0.134. The zero-order valence-electron chi connectivity index (χ0n) is 11.5. The number of rotatable bonds is 3. The molecule has 0 unspecified atom stereocenters. The minimum Gasteiger partial charge on any atom is -0.314 e. The number of hydrogen-bond donors (Lipinski definition) is 1. The Morgan fingerprint density at radius 2 is 1.90 bits per heavy atom. The van der Waals surface area contributed by atoms with Gasteiger partial charge in [-0.2, -0.15) is 13.2 Å². The van der Waals surface area contributed by atoms with Crippen LogP contribution in [0.4, 0.5) is 13.2 Å². The van der Waals surface area contributed by atoms with Crippen LogP contribution < -0.4 is 5.32 Å². The Kier molecular flexibility index (Phi) is 4.19. The van der Waals surface area contributed by atoms with Crippen molar-refractivity contribution in [1.82, 2.24) is 10.2 Å². The van der Waals surface area contributed by atoms with Crippen molar-refractivity contribution >= 4 is 21.4 Å². The number of benzene rings is 1. The van der Waals surface area contributed by atoms with Gasteiger partial charge in [-0.15, -0.1) is 11.3 Å². The highest BCUT2D eigenvalue weighted by Crippen LogP contribution is 2.38. The molecule has 3 rings (SSSR count). The van der Waals surface area contributed by atoms with Gasteiger partial charge in [-0.05, 0) is 29.5 Å². The van der Waals surface area contributed by atoms with Gasteiger partial charge in [-0.25, -0.2) is 0 Å². The molecular weight excluding hydrogens is 297 g/mol. The number of fused-ring (bicyclic) bond motifs is 1. The normalized spacial score (nSPS) is 17.5.